The molecule has 0 radical (unpaired) electrons. The summed E-state index contributed by atoms with van der Waals surface area (Å²) in [5.74, 6) is 1.88. The number of hydrogen-bond acceptors (Lipinski definition) is 4. The minimum absolute atomic E-state index is 0. The molecule has 0 spiro atoms. The second kappa shape index (κ2) is 13.6. The highest BCUT2D eigenvalue weighted by molar-refractivity contribution is 14.0. The number of nitrogens with one attached hydrogen (secondary N) is 2. The van der Waals surface area contributed by atoms with Crippen molar-refractivity contribution >= 4 is 35.8 Å². The normalized spacial score (nSPS) is 15.1. The topological polar surface area (TPSA) is 79.1 Å². The molecular weight excluding hydrogens is 459 g/mol. The molecule has 0 atom stereocenters. The Balaban J connectivity index is 0.00000364. The van der Waals surface area contributed by atoms with Gasteiger partial charge in [0, 0.05) is 45.8 Å². The minimum Gasteiger partial charge on any atom is -0.469 e. The summed E-state index contributed by atoms with van der Waals surface area (Å²) < 4.78 is 10.3. The Morgan fingerprint density at radius 3 is 2.89 bits per heavy atom. The van der Waals surface area contributed by atoms with Crippen LogP contribution in [0.4, 0.5) is 0 Å². The standard InChI is InChI=1S/C19H30N4O3.HI/c1-3-10-20-19(21-11-6-17-5-4-14-26-17)22-16-7-12-23(13-8-16)18(24)9-15-25-2;/h3-5,14,16H,1,6-13,15H2,2H3,(H2,20,21,22);1H. The van der Waals surface area contributed by atoms with Gasteiger partial charge in [0.1, 0.15) is 5.76 Å². The second-order valence-electron chi connectivity index (χ2n) is 6.27. The zero-order chi connectivity index (χ0) is 18.6. The van der Waals surface area contributed by atoms with Crippen LogP contribution in [0.15, 0.2) is 40.5 Å². The van der Waals surface area contributed by atoms with Crippen LogP contribution in [0.3, 0.4) is 0 Å². The molecule has 1 fully saturated rings. The molecular formula is C19H31IN4O3. The monoisotopic (exact) mass is 490 g/mol. The lowest BCUT2D eigenvalue weighted by molar-refractivity contribution is -0.133. The predicted molar refractivity (Wildman–Crippen MR) is 118 cm³/mol. The fraction of sp³-hybridized carbons (Fsp3) is 0.579. The average molecular weight is 490 g/mol. The van der Waals surface area contributed by atoms with Crippen molar-refractivity contribution in [3.8, 4) is 0 Å². The molecule has 1 saturated heterocycles. The van der Waals surface area contributed by atoms with Crippen molar-refractivity contribution < 1.29 is 13.9 Å². The highest BCUT2D eigenvalue weighted by Crippen LogP contribution is 2.11. The number of carbonyl (C=O) groups excluding carboxylic acids is 1. The molecule has 2 rings (SSSR count). The fourth-order valence-electron chi connectivity index (χ4n) is 2.87. The summed E-state index contributed by atoms with van der Waals surface area (Å²) in [6.07, 6.45) is 6.52. The van der Waals surface area contributed by atoms with Crippen molar-refractivity contribution in [2.75, 3.05) is 39.9 Å². The number of likely N-dealkylation sites (tertiary alicyclic amines) is 1. The molecule has 1 aromatic rings. The number of rotatable bonds is 9. The number of aliphatic imine (C=N–C) groups is 1. The molecule has 1 aromatic heterocycles. The highest BCUT2D eigenvalue weighted by atomic mass is 127. The first-order valence-corrected chi connectivity index (χ1v) is 9.17. The lowest BCUT2D eigenvalue weighted by Crippen LogP contribution is -2.50. The molecule has 1 aliphatic heterocycles. The van der Waals surface area contributed by atoms with Crippen molar-refractivity contribution in [1.82, 2.24) is 15.5 Å². The van der Waals surface area contributed by atoms with Gasteiger partial charge in [-0.15, -0.1) is 30.6 Å². The molecule has 0 saturated carbocycles. The number of methoxy groups -OCH3 is 1. The largest absolute Gasteiger partial charge is 0.469 e. The van der Waals surface area contributed by atoms with E-state index < -0.39 is 0 Å². The van der Waals surface area contributed by atoms with Gasteiger partial charge in [-0.3, -0.25) is 9.79 Å². The third-order valence-electron chi connectivity index (χ3n) is 4.33. The Morgan fingerprint density at radius 2 is 2.26 bits per heavy atom. The summed E-state index contributed by atoms with van der Waals surface area (Å²) in [5, 5.41) is 6.72. The highest BCUT2D eigenvalue weighted by Gasteiger charge is 2.23. The van der Waals surface area contributed by atoms with Crippen LogP contribution in [0.2, 0.25) is 0 Å². The molecule has 1 amide bonds. The van der Waals surface area contributed by atoms with E-state index in [0.717, 1.165) is 44.1 Å². The molecule has 27 heavy (non-hydrogen) atoms. The van der Waals surface area contributed by atoms with E-state index in [1.807, 2.05) is 17.0 Å². The van der Waals surface area contributed by atoms with Gasteiger partial charge in [0.15, 0.2) is 5.96 Å². The van der Waals surface area contributed by atoms with Crippen molar-refractivity contribution in [1.29, 1.82) is 0 Å². The molecule has 1 aliphatic rings. The van der Waals surface area contributed by atoms with Gasteiger partial charge < -0.3 is 24.7 Å². The van der Waals surface area contributed by atoms with Crippen LogP contribution >= 0.6 is 24.0 Å². The zero-order valence-electron chi connectivity index (χ0n) is 16.0. The molecule has 0 aromatic carbocycles. The number of nitrogens with zero attached hydrogens (tertiary/aromatic N) is 2. The maximum atomic E-state index is 12.1. The fourth-order valence-corrected chi connectivity index (χ4v) is 2.87. The maximum Gasteiger partial charge on any atom is 0.224 e. The van der Waals surface area contributed by atoms with Gasteiger partial charge in [-0.25, -0.2) is 0 Å². The van der Waals surface area contributed by atoms with Gasteiger partial charge in [0.2, 0.25) is 5.91 Å². The molecule has 0 bridgehead atoms. The summed E-state index contributed by atoms with van der Waals surface area (Å²) in [6.45, 7) is 7.05. The quantitative estimate of drug-likeness (QED) is 0.240. The first-order chi connectivity index (χ1) is 12.7. The Bertz CT molecular complexity index is 570. The molecule has 8 heteroatoms. The van der Waals surface area contributed by atoms with Gasteiger partial charge >= 0.3 is 0 Å². The Labute approximate surface area is 178 Å². The number of guanidine groups is 1. The third kappa shape index (κ3) is 8.79. The Morgan fingerprint density at radius 1 is 1.48 bits per heavy atom. The maximum absolute atomic E-state index is 12.1. The van der Waals surface area contributed by atoms with Crippen LogP contribution in [0.5, 0.6) is 0 Å². The third-order valence-corrected chi connectivity index (χ3v) is 4.33. The van der Waals surface area contributed by atoms with Gasteiger partial charge in [-0.1, -0.05) is 6.08 Å². The minimum atomic E-state index is 0. The molecule has 0 aliphatic carbocycles. The predicted octanol–water partition coefficient (Wildman–Crippen LogP) is 2.19. The van der Waals surface area contributed by atoms with Gasteiger partial charge in [0.25, 0.3) is 0 Å². The zero-order valence-corrected chi connectivity index (χ0v) is 18.3. The van der Waals surface area contributed by atoms with E-state index in [0.29, 0.717) is 32.2 Å². The average Bonchev–Trinajstić information content (AvgIpc) is 3.18. The number of amides is 1. The first-order valence-electron chi connectivity index (χ1n) is 9.17. The van der Waals surface area contributed by atoms with Crippen molar-refractivity contribution in [2.45, 2.75) is 31.7 Å². The Hall–Kier alpha value is -1.55. The molecule has 152 valence electrons. The van der Waals surface area contributed by atoms with Crippen LogP contribution in [-0.2, 0) is 16.0 Å². The van der Waals surface area contributed by atoms with Crippen molar-refractivity contribution in [3.05, 3.63) is 36.8 Å². The van der Waals surface area contributed by atoms with E-state index >= 15 is 0 Å². The first kappa shape index (κ1) is 23.5. The number of halogens is 1. The van der Waals surface area contributed by atoms with Crippen LogP contribution in [-0.4, -0.2) is 62.7 Å². The van der Waals surface area contributed by atoms with Crippen LogP contribution in [0, 0.1) is 0 Å². The molecule has 2 N–H and O–H groups in total. The summed E-state index contributed by atoms with van der Waals surface area (Å²) >= 11 is 0. The van der Waals surface area contributed by atoms with Gasteiger partial charge in [-0.2, -0.15) is 0 Å². The number of furan rings is 1. The van der Waals surface area contributed by atoms with E-state index in [-0.39, 0.29) is 29.9 Å². The number of ether oxygens (including phenoxy) is 1. The summed E-state index contributed by atoms with van der Waals surface area (Å²) in [5.41, 5.74) is 0. The smallest absolute Gasteiger partial charge is 0.224 e. The molecule has 2 heterocycles. The number of piperidine rings is 1. The van der Waals surface area contributed by atoms with Crippen molar-refractivity contribution in [2.24, 2.45) is 4.99 Å². The van der Waals surface area contributed by atoms with E-state index in [9.17, 15) is 4.79 Å². The lowest BCUT2D eigenvalue weighted by Gasteiger charge is -2.33. The van der Waals surface area contributed by atoms with Crippen LogP contribution in [0.1, 0.15) is 25.0 Å². The number of carbonyl (C=O) groups is 1. The summed E-state index contributed by atoms with van der Waals surface area (Å²) in [4.78, 5) is 18.6. The van der Waals surface area contributed by atoms with E-state index in [1.165, 1.54) is 0 Å². The van der Waals surface area contributed by atoms with Crippen LogP contribution < -0.4 is 10.6 Å². The van der Waals surface area contributed by atoms with Gasteiger partial charge in [-0.05, 0) is 25.0 Å². The van der Waals surface area contributed by atoms with E-state index in [2.05, 4.69) is 22.2 Å². The summed E-state index contributed by atoms with van der Waals surface area (Å²) in [6, 6.07) is 4.15. The van der Waals surface area contributed by atoms with Gasteiger partial charge in [0.05, 0.1) is 19.3 Å². The second-order valence-corrected chi connectivity index (χ2v) is 6.27. The number of hydrogen-bond donors (Lipinski definition) is 2. The Kier molecular flexibility index (Phi) is 11.8. The molecule has 7 nitrogen and oxygen atoms in total. The van der Waals surface area contributed by atoms with Crippen LogP contribution in [0.25, 0.3) is 0 Å². The SMILES string of the molecule is C=CCNC(=NCCc1ccco1)NC1CCN(C(=O)CCOC)CC1.I. The van der Waals surface area contributed by atoms with E-state index in [1.54, 1.807) is 19.4 Å². The summed E-state index contributed by atoms with van der Waals surface area (Å²) in [7, 11) is 1.62. The van der Waals surface area contributed by atoms with E-state index in [4.69, 9.17) is 9.15 Å². The lowest BCUT2D eigenvalue weighted by atomic mass is 10.0. The molecule has 0 unspecified atom stereocenters. The van der Waals surface area contributed by atoms with Crippen molar-refractivity contribution in [3.63, 3.8) is 0 Å².